The summed E-state index contributed by atoms with van der Waals surface area (Å²) in [5.74, 6) is 0. The fourth-order valence-corrected chi connectivity index (χ4v) is 3.37. The average molecular weight is 279 g/mol. The quantitative estimate of drug-likeness (QED) is 0.262. The van der Waals surface area contributed by atoms with E-state index in [9.17, 15) is 0 Å². The lowest BCUT2D eigenvalue weighted by Gasteiger charge is -2.08. The Morgan fingerprint density at radius 1 is 0.500 bits per heavy atom. The maximum absolute atomic E-state index is 4.58. The molecule has 0 aliphatic rings. The fraction of sp³-hybridized carbons (Fsp3) is 0. The molecular formula is C21H13N. The molecule has 0 unspecified atom stereocenters. The van der Waals surface area contributed by atoms with E-state index < -0.39 is 0 Å². The standard InChI is InChI=1S/C21H13N/c1-2-6-17-14(5-1)9-10-15-11-16-13-22-21-8-4-3-7-18(21)20(16)12-19(15)17/h1-13H. The second-order valence-corrected chi connectivity index (χ2v) is 5.72. The Kier molecular flexibility index (Phi) is 2.28. The van der Waals surface area contributed by atoms with Crippen molar-refractivity contribution in [3.8, 4) is 0 Å². The maximum atomic E-state index is 4.58. The average Bonchev–Trinajstić information content (AvgIpc) is 2.60. The topological polar surface area (TPSA) is 12.9 Å². The molecule has 0 aliphatic carbocycles. The molecule has 0 amide bonds. The van der Waals surface area contributed by atoms with Gasteiger partial charge in [0.2, 0.25) is 0 Å². The van der Waals surface area contributed by atoms with E-state index in [0.717, 1.165) is 5.52 Å². The first-order chi connectivity index (χ1) is 10.9. The second kappa shape index (κ2) is 4.28. The van der Waals surface area contributed by atoms with Crippen molar-refractivity contribution in [3.63, 3.8) is 0 Å². The van der Waals surface area contributed by atoms with Gasteiger partial charge in [0.25, 0.3) is 0 Å². The first kappa shape index (κ1) is 11.7. The van der Waals surface area contributed by atoms with Crippen LogP contribution in [0.5, 0.6) is 0 Å². The monoisotopic (exact) mass is 279 g/mol. The molecule has 5 aromatic rings. The van der Waals surface area contributed by atoms with E-state index in [-0.39, 0.29) is 0 Å². The van der Waals surface area contributed by atoms with Crippen LogP contribution in [0, 0.1) is 0 Å². The van der Waals surface area contributed by atoms with Gasteiger partial charge in [-0.2, -0.15) is 0 Å². The minimum absolute atomic E-state index is 1.05. The molecule has 0 saturated heterocycles. The van der Waals surface area contributed by atoms with Gasteiger partial charge in [0.15, 0.2) is 0 Å². The summed E-state index contributed by atoms with van der Waals surface area (Å²) in [4.78, 5) is 4.58. The number of pyridine rings is 1. The highest BCUT2D eigenvalue weighted by Gasteiger charge is 2.05. The predicted molar refractivity (Wildman–Crippen MR) is 94.3 cm³/mol. The van der Waals surface area contributed by atoms with Gasteiger partial charge < -0.3 is 0 Å². The van der Waals surface area contributed by atoms with Crippen LogP contribution in [0.3, 0.4) is 0 Å². The third-order valence-corrected chi connectivity index (χ3v) is 4.45. The summed E-state index contributed by atoms with van der Waals surface area (Å²) in [6, 6.07) is 25.9. The number of benzene rings is 4. The molecule has 0 radical (unpaired) electrons. The van der Waals surface area contributed by atoms with Crippen molar-refractivity contribution >= 4 is 43.2 Å². The zero-order valence-corrected chi connectivity index (χ0v) is 12.0. The van der Waals surface area contributed by atoms with Gasteiger partial charge in [-0.05, 0) is 45.1 Å². The van der Waals surface area contributed by atoms with Gasteiger partial charge in [0.1, 0.15) is 0 Å². The normalized spacial score (nSPS) is 11.6. The SMILES string of the molecule is c1ccc2c(c1)ccc1cc3cnc4ccccc4c3cc12. The van der Waals surface area contributed by atoms with Crippen LogP contribution in [-0.2, 0) is 0 Å². The highest BCUT2D eigenvalue weighted by atomic mass is 14.6. The highest BCUT2D eigenvalue weighted by molar-refractivity contribution is 6.16. The molecule has 0 atom stereocenters. The molecule has 0 aliphatic heterocycles. The van der Waals surface area contributed by atoms with Gasteiger partial charge in [-0.15, -0.1) is 0 Å². The molecular weight excluding hydrogens is 266 g/mol. The van der Waals surface area contributed by atoms with Gasteiger partial charge in [-0.25, -0.2) is 0 Å². The van der Waals surface area contributed by atoms with Crippen LogP contribution in [0.2, 0.25) is 0 Å². The Balaban J connectivity index is 2.05. The summed E-state index contributed by atoms with van der Waals surface area (Å²) in [6.45, 7) is 0. The van der Waals surface area contributed by atoms with E-state index in [2.05, 4.69) is 71.7 Å². The lowest BCUT2D eigenvalue weighted by Crippen LogP contribution is -1.84. The van der Waals surface area contributed by atoms with Crippen LogP contribution in [0.1, 0.15) is 0 Å². The largest absolute Gasteiger partial charge is 0.256 e. The number of aromatic nitrogens is 1. The summed E-state index contributed by atoms with van der Waals surface area (Å²) in [5, 5.41) is 8.85. The number of hydrogen-bond donors (Lipinski definition) is 0. The molecule has 0 fully saturated rings. The molecule has 5 rings (SSSR count). The molecule has 0 bridgehead atoms. The highest BCUT2D eigenvalue weighted by Crippen LogP contribution is 2.32. The van der Waals surface area contributed by atoms with E-state index >= 15 is 0 Å². The Labute approximate surface area is 127 Å². The van der Waals surface area contributed by atoms with E-state index in [1.54, 1.807) is 0 Å². The molecule has 1 heteroatoms. The summed E-state index contributed by atoms with van der Waals surface area (Å²) in [7, 11) is 0. The van der Waals surface area contributed by atoms with Crippen molar-refractivity contribution in [1.82, 2.24) is 4.98 Å². The van der Waals surface area contributed by atoms with Crippen molar-refractivity contribution in [1.29, 1.82) is 0 Å². The predicted octanol–water partition coefficient (Wildman–Crippen LogP) is 5.69. The van der Waals surface area contributed by atoms with E-state index in [0.29, 0.717) is 0 Å². The molecule has 0 saturated carbocycles. The molecule has 1 nitrogen and oxygen atoms in total. The van der Waals surface area contributed by atoms with Gasteiger partial charge in [0.05, 0.1) is 5.52 Å². The summed E-state index contributed by atoms with van der Waals surface area (Å²) >= 11 is 0. The first-order valence-corrected chi connectivity index (χ1v) is 7.49. The molecule has 4 aromatic carbocycles. The molecule has 102 valence electrons. The summed E-state index contributed by atoms with van der Waals surface area (Å²) < 4.78 is 0. The van der Waals surface area contributed by atoms with Gasteiger partial charge in [-0.3, -0.25) is 4.98 Å². The first-order valence-electron chi connectivity index (χ1n) is 7.49. The minimum atomic E-state index is 1.05. The van der Waals surface area contributed by atoms with Crippen molar-refractivity contribution in [3.05, 3.63) is 79.0 Å². The fourth-order valence-electron chi connectivity index (χ4n) is 3.37. The smallest absolute Gasteiger partial charge is 0.0708 e. The molecule has 1 aromatic heterocycles. The van der Waals surface area contributed by atoms with Crippen LogP contribution in [0.4, 0.5) is 0 Å². The molecule has 0 N–H and O–H groups in total. The maximum Gasteiger partial charge on any atom is 0.0708 e. The van der Waals surface area contributed by atoms with Crippen molar-refractivity contribution in [2.45, 2.75) is 0 Å². The van der Waals surface area contributed by atoms with Crippen molar-refractivity contribution in [2.75, 3.05) is 0 Å². The number of rotatable bonds is 0. The number of para-hydroxylation sites is 1. The molecule has 1 heterocycles. The Morgan fingerprint density at radius 2 is 1.23 bits per heavy atom. The third-order valence-electron chi connectivity index (χ3n) is 4.45. The van der Waals surface area contributed by atoms with Gasteiger partial charge in [-0.1, -0.05) is 54.6 Å². The molecule has 22 heavy (non-hydrogen) atoms. The minimum Gasteiger partial charge on any atom is -0.256 e. The Morgan fingerprint density at radius 3 is 2.18 bits per heavy atom. The third kappa shape index (κ3) is 1.57. The van der Waals surface area contributed by atoms with Crippen LogP contribution >= 0.6 is 0 Å². The van der Waals surface area contributed by atoms with E-state index in [1.807, 2.05) is 12.3 Å². The Bertz CT molecular complexity index is 1080. The van der Waals surface area contributed by atoms with E-state index in [1.165, 1.54) is 37.7 Å². The summed E-state index contributed by atoms with van der Waals surface area (Å²) in [5.41, 5.74) is 1.05. The van der Waals surface area contributed by atoms with Gasteiger partial charge in [0, 0.05) is 17.0 Å². The molecule has 0 spiro atoms. The van der Waals surface area contributed by atoms with Crippen LogP contribution in [0.25, 0.3) is 43.2 Å². The lowest BCUT2D eigenvalue weighted by molar-refractivity contribution is 1.45. The van der Waals surface area contributed by atoms with Gasteiger partial charge >= 0.3 is 0 Å². The number of hydrogen-bond acceptors (Lipinski definition) is 1. The van der Waals surface area contributed by atoms with Crippen molar-refractivity contribution < 1.29 is 0 Å². The number of fused-ring (bicyclic) bond motifs is 6. The Hall–Kier alpha value is -2.93. The number of nitrogens with zero attached hydrogens (tertiary/aromatic N) is 1. The summed E-state index contributed by atoms with van der Waals surface area (Å²) in [6.07, 6.45) is 1.98. The zero-order chi connectivity index (χ0) is 14.5. The van der Waals surface area contributed by atoms with Crippen LogP contribution in [0.15, 0.2) is 79.0 Å². The van der Waals surface area contributed by atoms with Crippen LogP contribution < -0.4 is 0 Å². The zero-order valence-electron chi connectivity index (χ0n) is 12.0. The lowest BCUT2D eigenvalue weighted by atomic mass is 9.97. The second-order valence-electron chi connectivity index (χ2n) is 5.72. The van der Waals surface area contributed by atoms with E-state index in [4.69, 9.17) is 0 Å². The van der Waals surface area contributed by atoms with Crippen LogP contribution in [-0.4, -0.2) is 4.98 Å². The van der Waals surface area contributed by atoms with Crippen molar-refractivity contribution in [2.24, 2.45) is 0 Å².